The fourth-order valence-electron chi connectivity index (χ4n) is 2.88. The van der Waals surface area contributed by atoms with Gasteiger partial charge in [0.25, 0.3) is 5.91 Å². The molecule has 1 aromatic heterocycles. The summed E-state index contributed by atoms with van der Waals surface area (Å²) in [5.74, 6) is -0.501. The highest BCUT2D eigenvalue weighted by Gasteiger charge is 2.13. The van der Waals surface area contributed by atoms with E-state index in [1.165, 1.54) is 6.07 Å². The number of halogens is 1. The van der Waals surface area contributed by atoms with Crippen LogP contribution >= 0.6 is 12.2 Å². The number of thiocarbonyl (C=S) groups is 1. The van der Waals surface area contributed by atoms with Crippen molar-refractivity contribution in [3.8, 4) is 11.5 Å². The Balaban J connectivity index is 1.50. The zero-order valence-electron chi connectivity index (χ0n) is 15.4. The minimum Gasteiger partial charge on any atom is -0.436 e. The second-order valence-electron chi connectivity index (χ2n) is 6.46. The van der Waals surface area contributed by atoms with Crippen molar-refractivity contribution in [3.05, 3.63) is 83.7 Å². The third-order valence-electron chi connectivity index (χ3n) is 4.26. The number of anilines is 1. The van der Waals surface area contributed by atoms with E-state index in [0.29, 0.717) is 27.9 Å². The minimum atomic E-state index is -0.405. The number of carbonyl (C=O) groups excluding carboxylic acids is 1. The largest absolute Gasteiger partial charge is 0.436 e. The number of carbonyl (C=O) groups is 1. The third kappa shape index (κ3) is 4.14. The van der Waals surface area contributed by atoms with Gasteiger partial charge in [-0.2, -0.15) is 0 Å². The van der Waals surface area contributed by atoms with Crippen molar-refractivity contribution >= 4 is 40.0 Å². The first-order valence-electron chi connectivity index (χ1n) is 8.84. The number of aromatic nitrogens is 1. The smallest absolute Gasteiger partial charge is 0.257 e. The fourth-order valence-corrected chi connectivity index (χ4v) is 3.09. The summed E-state index contributed by atoms with van der Waals surface area (Å²) >= 11 is 5.23. The highest BCUT2D eigenvalue weighted by atomic mass is 32.1. The van der Waals surface area contributed by atoms with Gasteiger partial charge in [-0.15, -0.1) is 0 Å². The number of benzene rings is 3. The number of hydrogen-bond acceptors (Lipinski definition) is 4. The average Bonchev–Trinajstić information content (AvgIpc) is 3.11. The van der Waals surface area contributed by atoms with Crippen molar-refractivity contribution < 1.29 is 13.6 Å². The molecule has 4 rings (SSSR count). The van der Waals surface area contributed by atoms with Gasteiger partial charge in [-0.3, -0.25) is 10.1 Å². The van der Waals surface area contributed by atoms with Crippen molar-refractivity contribution in [2.45, 2.75) is 6.92 Å². The van der Waals surface area contributed by atoms with Gasteiger partial charge in [-0.1, -0.05) is 29.8 Å². The summed E-state index contributed by atoms with van der Waals surface area (Å²) in [6.45, 7) is 1.91. The van der Waals surface area contributed by atoms with E-state index in [-0.39, 0.29) is 16.9 Å². The van der Waals surface area contributed by atoms with Crippen LogP contribution in [0.15, 0.2) is 71.1 Å². The molecule has 1 heterocycles. The topological polar surface area (TPSA) is 67.2 Å². The molecule has 29 heavy (non-hydrogen) atoms. The average molecular weight is 405 g/mol. The molecule has 5 nitrogen and oxygen atoms in total. The lowest BCUT2D eigenvalue weighted by Gasteiger charge is -2.09. The van der Waals surface area contributed by atoms with E-state index in [4.69, 9.17) is 16.6 Å². The number of fused-ring (bicyclic) bond motifs is 1. The third-order valence-corrected chi connectivity index (χ3v) is 4.46. The van der Waals surface area contributed by atoms with Gasteiger partial charge in [0.2, 0.25) is 5.89 Å². The molecule has 2 N–H and O–H groups in total. The lowest BCUT2D eigenvalue weighted by atomic mass is 10.1. The molecule has 0 bridgehead atoms. The Morgan fingerprint density at radius 3 is 2.69 bits per heavy atom. The van der Waals surface area contributed by atoms with Gasteiger partial charge in [0.15, 0.2) is 10.7 Å². The van der Waals surface area contributed by atoms with Crippen molar-refractivity contribution in [3.63, 3.8) is 0 Å². The van der Waals surface area contributed by atoms with E-state index in [1.807, 2.05) is 19.1 Å². The Morgan fingerprint density at radius 1 is 1.07 bits per heavy atom. The summed E-state index contributed by atoms with van der Waals surface area (Å²) < 4.78 is 19.6. The number of amides is 1. The normalized spacial score (nSPS) is 10.7. The zero-order valence-corrected chi connectivity index (χ0v) is 16.2. The highest BCUT2D eigenvalue weighted by molar-refractivity contribution is 7.80. The highest BCUT2D eigenvalue weighted by Crippen LogP contribution is 2.27. The summed E-state index contributed by atoms with van der Waals surface area (Å²) in [5.41, 5.74) is 3.48. The summed E-state index contributed by atoms with van der Waals surface area (Å²) in [7, 11) is 0. The standard InChI is InChI=1S/C22H16FN3O2S/c1-13-5-4-6-14(11-13)20(27)26-22(29)24-15-9-10-19-18(12-15)25-21(28-19)16-7-2-3-8-17(16)23/h2-12H,1H3,(H2,24,26,27,29). The molecule has 0 unspecified atom stereocenters. The second kappa shape index (κ2) is 7.81. The van der Waals surface area contributed by atoms with Crippen LogP contribution < -0.4 is 10.6 Å². The number of oxazole rings is 1. The summed E-state index contributed by atoms with van der Waals surface area (Å²) in [6.07, 6.45) is 0. The van der Waals surface area contributed by atoms with Crippen molar-refractivity contribution in [2.24, 2.45) is 0 Å². The maximum Gasteiger partial charge on any atom is 0.257 e. The molecule has 7 heteroatoms. The van der Waals surface area contributed by atoms with Crippen molar-refractivity contribution in [1.82, 2.24) is 10.3 Å². The van der Waals surface area contributed by atoms with E-state index < -0.39 is 5.82 Å². The lowest BCUT2D eigenvalue weighted by Crippen LogP contribution is -2.34. The molecule has 0 spiro atoms. The van der Waals surface area contributed by atoms with Gasteiger partial charge >= 0.3 is 0 Å². The van der Waals surface area contributed by atoms with Crippen LogP contribution in [0.1, 0.15) is 15.9 Å². The Bertz CT molecular complexity index is 1240. The Kier molecular flexibility index (Phi) is 5.05. The number of hydrogen-bond donors (Lipinski definition) is 2. The Labute approximate surface area is 171 Å². The van der Waals surface area contributed by atoms with Gasteiger partial charge in [0, 0.05) is 11.3 Å². The molecule has 1 amide bonds. The molecule has 0 fully saturated rings. The van der Waals surface area contributed by atoms with Gasteiger partial charge in [0.05, 0.1) is 5.56 Å². The van der Waals surface area contributed by atoms with E-state index in [2.05, 4.69) is 15.6 Å². The zero-order chi connectivity index (χ0) is 20.4. The number of nitrogens with one attached hydrogen (secondary N) is 2. The SMILES string of the molecule is Cc1cccc(C(=O)NC(=S)Nc2ccc3oc(-c4ccccc4F)nc3c2)c1. The second-order valence-corrected chi connectivity index (χ2v) is 6.87. The van der Waals surface area contributed by atoms with Crippen LogP contribution in [0.2, 0.25) is 0 Å². The fraction of sp³-hybridized carbons (Fsp3) is 0.0455. The minimum absolute atomic E-state index is 0.161. The molecule has 144 valence electrons. The monoisotopic (exact) mass is 405 g/mol. The van der Waals surface area contributed by atoms with Gasteiger partial charge < -0.3 is 9.73 Å². The molecule has 0 aliphatic heterocycles. The Morgan fingerprint density at radius 2 is 1.90 bits per heavy atom. The van der Waals surface area contributed by atoms with E-state index in [0.717, 1.165) is 5.56 Å². The molecule has 0 saturated heterocycles. The molecule has 0 aliphatic carbocycles. The van der Waals surface area contributed by atoms with Crippen LogP contribution in [-0.4, -0.2) is 16.0 Å². The van der Waals surface area contributed by atoms with Crippen molar-refractivity contribution in [2.75, 3.05) is 5.32 Å². The molecule has 0 atom stereocenters. The predicted molar refractivity (Wildman–Crippen MR) is 114 cm³/mol. The number of rotatable bonds is 3. The molecule has 4 aromatic rings. The van der Waals surface area contributed by atoms with Gasteiger partial charge in [-0.25, -0.2) is 9.37 Å². The van der Waals surface area contributed by atoms with Crippen LogP contribution in [-0.2, 0) is 0 Å². The van der Waals surface area contributed by atoms with E-state index in [1.54, 1.807) is 48.5 Å². The van der Waals surface area contributed by atoms with Crippen LogP contribution in [0, 0.1) is 12.7 Å². The van der Waals surface area contributed by atoms with Gasteiger partial charge in [0.1, 0.15) is 11.3 Å². The summed E-state index contributed by atoms with van der Waals surface area (Å²) in [4.78, 5) is 16.7. The lowest BCUT2D eigenvalue weighted by molar-refractivity contribution is 0.0977. The quantitative estimate of drug-likeness (QED) is 0.466. The van der Waals surface area contributed by atoms with Crippen LogP contribution in [0.25, 0.3) is 22.6 Å². The summed E-state index contributed by atoms with van der Waals surface area (Å²) in [5, 5.41) is 5.76. The van der Waals surface area contributed by atoms with Gasteiger partial charge in [-0.05, 0) is 61.6 Å². The summed E-state index contributed by atoms with van der Waals surface area (Å²) in [6, 6.07) is 18.7. The molecule has 0 saturated carbocycles. The molecule has 0 aliphatic rings. The first-order valence-corrected chi connectivity index (χ1v) is 9.25. The van der Waals surface area contributed by atoms with E-state index in [9.17, 15) is 9.18 Å². The maximum atomic E-state index is 14.0. The number of nitrogens with zero attached hydrogens (tertiary/aromatic N) is 1. The molecule has 0 radical (unpaired) electrons. The van der Waals surface area contributed by atoms with Crippen LogP contribution in [0.3, 0.4) is 0 Å². The molecular formula is C22H16FN3O2S. The predicted octanol–water partition coefficient (Wildman–Crippen LogP) is 5.07. The number of aryl methyl sites for hydroxylation is 1. The van der Waals surface area contributed by atoms with Crippen molar-refractivity contribution in [1.29, 1.82) is 0 Å². The first-order chi connectivity index (χ1) is 14.0. The van der Waals surface area contributed by atoms with Crippen LogP contribution in [0.5, 0.6) is 0 Å². The molecule has 3 aromatic carbocycles. The maximum absolute atomic E-state index is 14.0. The van der Waals surface area contributed by atoms with Crippen LogP contribution in [0.4, 0.5) is 10.1 Å². The Hall–Kier alpha value is -3.58. The molecular weight excluding hydrogens is 389 g/mol. The first kappa shape index (κ1) is 18.8. The van der Waals surface area contributed by atoms with E-state index >= 15 is 0 Å².